The molecule has 0 bridgehead atoms. The van der Waals surface area contributed by atoms with E-state index in [1.54, 1.807) is 6.21 Å². The van der Waals surface area contributed by atoms with E-state index in [2.05, 4.69) is 36.7 Å². The number of para-hydroxylation sites is 1. The molecule has 14 heteroatoms. The lowest BCUT2D eigenvalue weighted by atomic mass is 9.89. The molecule has 1 saturated heterocycles. The van der Waals surface area contributed by atoms with E-state index in [1.165, 1.54) is 64.2 Å². The average Bonchev–Trinajstić information content (AvgIpc) is 3.22. The normalized spacial score (nSPS) is 18.5. The van der Waals surface area contributed by atoms with Crippen molar-refractivity contribution in [1.82, 2.24) is 30.8 Å². The molecule has 1 aromatic heterocycles. The van der Waals surface area contributed by atoms with E-state index in [-0.39, 0.29) is 17.9 Å². The van der Waals surface area contributed by atoms with Crippen molar-refractivity contribution in [2.45, 2.75) is 127 Å². The highest BCUT2D eigenvalue weighted by Crippen LogP contribution is 2.25. The summed E-state index contributed by atoms with van der Waals surface area (Å²) in [5.74, 6) is 7.53. The van der Waals surface area contributed by atoms with Crippen LogP contribution in [0.2, 0.25) is 0 Å². The lowest BCUT2D eigenvalue weighted by Gasteiger charge is -2.33. The van der Waals surface area contributed by atoms with Gasteiger partial charge in [0, 0.05) is 56.3 Å². The Labute approximate surface area is 328 Å². The SMILES string of the molecule is NN=C(C=NCCCNCCCNC1CCCCC1)CNc1nc(NC2CCN(C(=O)CCC[C@H](N)C(=O)NCC3CCCCC3)CC2)c2ccccc2n1. The Bertz CT molecular complexity index is 1500. The van der Waals surface area contributed by atoms with E-state index in [4.69, 9.17) is 21.5 Å². The number of hydrogen-bond acceptors (Lipinski definition) is 12. The van der Waals surface area contributed by atoms with Crippen molar-refractivity contribution in [3.05, 3.63) is 24.3 Å². The number of carbonyl (C=O) groups excluding carboxylic acids is 2. The predicted molar refractivity (Wildman–Crippen MR) is 225 cm³/mol. The van der Waals surface area contributed by atoms with Crippen LogP contribution in [-0.2, 0) is 9.59 Å². The summed E-state index contributed by atoms with van der Waals surface area (Å²) in [6, 6.07) is 8.26. The van der Waals surface area contributed by atoms with Crippen LogP contribution in [0, 0.1) is 5.92 Å². The third-order valence-electron chi connectivity index (χ3n) is 11.4. The quantitative estimate of drug-likeness (QED) is 0.0393. The molecule has 2 saturated carbocycles. The number of likely N-dealkylation sites (tertiary alicyclic amines) is 1. The van der Waals surface area contributed by atoms with Gasteiger partial charge in [0.25, 0.3) is 0 Å². The number of fused-ring (bicyclic) bond motifs is 1. The molecule has 5 rings (SSSR count). The molecule has 1 atom stereocenters. The summed E-state index contributed by atoms with van der Waals surface area (Å²) in [7, 11) is 0. The molecule has 2 aromatic rings. The van der Waals surface area contributed by atoms with Crippen molar-refractivity contribution >= 4 is 46.4 Å². The number of nitrogens with one attached hydrogen (secondary N) is 5. The zero-order valence-electron chi connectivity index (χ0n) is 33.1. The monoisotopic (exact) mass is 761 g/mol. The fourth-order valence-corrected chi connectivity index (χ4v) is 7.97. The van der Waals surface area contributed by atoms with Crippen LogP contribution in [-0.4, -0.2) is 109 Å². The summed E-state index contributed by atoms with van der Waals surface area (Å²) in [4.78, 5) is 41.5. The second-order valence-electron chi connectivity index (χ2n) is 15.7. The summed E-state index contributed by atoms with van der Waals surface area (Å²) in [5.41, 5.74) is 7.61. The number of nitrogens with zero attached hydrogens (tertiary/aromatic N) is 5. The summed E-state index contributed by atoms with van der Waals surface area (Å²) >= 11 is 0. The zero-order chi connectivity index (χ0) is 38.5. The molecule has 2 aliphatic carbocycles. The second kappa shape index (κ2) is 23.9. The zero-order valence-corrected chi connectivity index (χ0v) is 33.1. The molecular formula is C41H68N12O2. The highest BCUT2D eigenvalue weighted by molar-refractivity contribution is 6.32. The Morgan fingerprint density at radius 1 is 0.891 bits per heavy atom. The molecule has 9 N–H and O–H groups in total. The summed E-state index contributed by atoms with van der Waals surface area (Å²) in [6.45, 7) is 6.13. The van der Waals surface area contributed by atoms with Gasteiger partial charge in [-0.3, -0.25) is 14.6 Å². The van der Waals surface area contributed by atoms with Crippen molar-refractivity contribution in [3.8, 4) is 0 Å². The lowest BCUT2D eigenvalue weighted by Crippen LogP contribution is -2.43. The number of carbonyl (C=O) groups is 2. The number of aromatic nitrogens is 2. The number of amides is 2. The highest BCUT2D eigenvalue weighted by Gasteiger charge is 2.24. The minimum Gasteiger partial charge on any atom is -0.367 e. The summed E-state index contributed by atoms with van der Waals surface area (Å²) in [5, 5.41) is 22.0. The molecule has 2 heterocycles. The topological polar surface area (TPSA) is 200 Å². The van der Waals surface area contributed by atoms with Gasteiger partial charge < -0.3 is 43.1 Å². The molecule has 2 amide bonds. The van der Waals surface area contributed by atoms with Crippen LogP contribution in [0.5, 0.6) is 0 Å². The fraction of sp³-hybridized carbons (Fsp3) is 0.707. The Kier molecular flexibility index (Phi) is 18.4. The number of piperidine rings is 1. The van der Waals surface area contributed by atoms with Crippen LogP contribution in [0.15, 0.2) is 34.4 Å². The van der Waals surface area contributed by atoms with Gasteiger partial charge in [0.1, 0.15) is 5.82 Å². The summed E-state index contributed by atoms with van der Waals surface area (Å²) < 4.78 is 0. The Morgan fingerprint density at radius 2 is 1.64 bits per heavy atom. The van der Waals surface area contributed by atoms with E-state index < -0.39 is 6.04 Å². The van der Waals surface area contributed by atoms with Gasteiger partial charge in [0.2, 0.25) is 17.8 Å². The first-order chi connectivity index (χ1) is 27.0. The minimum atomic E-state index is -0.568. The van der Waals surface area contributed by atoms with Gasteiger partial charge in [-0.15, -0.1) is 0 Å². The van der Waals surface area contributed by atoms with Crippen molar-refractivity contribution in [2.24, 2.45) is 27.6 Å². The van der Waals surface area contributed by atoms with Crippen LogP contribution < -0.4 is 38.2 Å². The number of hydrazone groups is 1. The first kappa shape index (κ1) is 42.3. The molecule has 14 nitrogen and oxygen atoms in total. The maximum Gasteiger partial charge on any atom is 0.236 e. The van der Waals surface area contributed by atoms with Gasteiger partial charge in [0.05, 0.1) is 23.8 Å². The van der Waals surface area contributed by atoms with Gasteiger partial charge in [-0.05, 0) is 102 Å². The molecule has 1 aromatic carbocycles. The van der Waals surface area contributed by atoms with Gasteiger partial charge in [-0.25, -0.2) is 4.98 Å². The van der Waals surface area contributed by atoms with Crippen molar-refractivity contribution < 1.29 is 9.59 Å². The predicted octanol–water partition coefficient (Wildman–Crippen LogP) is 4.32. The third-order valence-corrected chi connectivity index (χ3v) is 11.4. The third kappa shape index (κ3) is 14.9. The molecule has 1 aliphatic heterocycles. The maximum absolute atomic E-state index is 13.0. The van der Waals surface area contributed by atoms with Crippen molar-refractivity contribution in [3.63, 3.8) is 0 Å². The minimum absolute atomic E-state index is 0.0974. The number of rotatable bonds is 22. The first-order valence-electron chi connectivity index (χ1n) is 21.3. The van der Waals surface area contributed by atoms with Gasteiger partial charge in [-0.1, -0.05) is 50.7 Å². The van der Waals surface area contributed by atoms with Crippen LogP contribution in [0.1, 0.15) is 109 Å². The summed E-state index contributed by atoms with van der Waals surface area (Å²) in [6.07, 6.45) is 19.9. The number of nitrogens with two attached hydrogens (primary N) is 2. The molecule has 0 spiro atoms. The van der Waals surface area contributed by atoms with Crippen LogP contribution in [0.25, 0.3) is 10.9 Å². The van der Waals surface area contributed by atoms with Crippen LogP contribution in [0.4, 0.5) is 11.8 Å². The number of hydrogen-bond donors (Lipinski definition) is 7. The fourth-order valence-electron chi connectivity index (χ4n) is 7.97. The molecule has 0 radical (unpaired) electrons. The largest absolute Gasteiger partial charge is 0.367 e. The van der Waals surface area contributed by atoms with E-state index in [0.717, 1.165) is 68.1 Å². The van der Waals surface area contributed by atoms with Crippen molar-refractivity contribution in [2.75, 3.05) is 63.0 Å². The molecule has 0 unspecified atom stereocenters. The first-order valence-corrected chi connectivity index (χ1v) is 21.3. The average molecular weight is 761 g/mol. The molecular weight excluding hydrogens is 693 g/mol. The second-order valence-corrected chi connectivity index (χ2v) is 15.7. The van der Waals surface area contributed by atoms with Gasteiger partial charge in [-0.2, -0.15) is 10.1 Å². The molecule has 304 valence electrons. The number of anilines is 2. The number of aliphatic imine (C=N–C) groups is 1. The Balaban J connectivity index is 0.980. The molecule has 3 aliphatic rings. The van der Waals surface area contributed by atoms with E-state index in [0.29, 0.717) is 69.6 Å². The van der Waals surface area contributed by atoms with Crippen molar-refractivity contribution in [1.29, 1.82) is 0 Å². The van der Waals surface area contributed by atoms with E-state index in [1.807, 2.05) is 29.2 Å². The van der Waals surface area contributed by atoms with Crippen LogP contribution in [0.3, 0.4) is 0 Å². The standard InChI is InChI=1S/C41H68N12O2/c42-36(40(55)47-28-31-12-3-1-4-13-31)17-9-19-38(54)53-26-20-33(21-27-53)49-39-35-16-7-8-18-37(35)50-41(51-39)48-30-34(52-43)29-45-24-10-22-44-23-11-25-46-32-14-5-2-6-15-32/h7-8,16,18,29,31-33,36,44,46H,1-6,9-15,17,19-28,30,42-43H2,(H,47,55)(H2,48,49,50,51)/t36-/m0/s1. The highest BCUT2D eigenvalue weighted by atomic mass is 16.2. The van der Waals surface area contributed by atoms with Gasteiger partial charge >= 0.3 is 0 Å². The van der Waals surface area contributed by atoms with E-state index >= 15 is 0 Å². The maximum atomic E-state index is 13.0. The van der Waals surface area contributed by atoms with Gasteiger partial charge in [0.15, 0.2) is 0 Å². The molecule has 3 fully saturated rings. The molecule has 55 heavy (non-hydrogen) atoms. The van der Waals surface area contributed by atoms with E-state index in [9.17, 15) is 9.59 Å². The lowest BCUT2D eigenvalue weighted by molar-refractivity contribution is -0.132. The smallest absolute Gasteiger partial charge is 0.236 e. The number of benzene rings is 1. The van der Waals surface area contributed by atoms with Crippen LogP contribution >= 0.6 is 0 Å². The Hall–Kier alpha value is -3.88. The Morgan fingerprint density at radius 3 is 2.42 bits per heavy atom.